The molecule has 30 heavy (non-hydrogen) atoms. The maximum absolute atomic E-state index is 12.1. The van der Waals surface area contributed by atoms with Gasteiger partial charge < -0.3 is 4.18 Å². The predicted octanol–water partition coefficient (Wildman–Crippen LogP) is 1.65. The number of imide groups is 1. The molecular formula is C15H19N3O9S3. The van der Waals surface area contributed by atoms with Gasteiger partial charge in [0.2, 0.25) is 11.8 Å². The summed E-state index contributed by atoms with van der Waals surface area (Å²) in [7, 11) is -2.39. The van der Waals surface area contributed by atoms with Crippen molar-refractivity contribution in [1.82, 2.24) is 10.0 Å². The van der Waals surface area contributed by atoms with E-state index in [0.717, 1.165) is 11.2 Å². The molecule has 1 unspecified atom stereocenters. The van der Waals surface area contributed by atoms with Gasteiger partial charge in [-0.3, -0.25) is 34.1 Å². The van der Waals surface area contributed by atoms with E-state index in [1.54, 1.807) is 13.8 Å². The SMILES string of the molecule is CC(C)(CCC(=O)OS(=O)(=O)O)SSC1C=CC([N+](=O)[O-])=CN1N1C(=O)CCC1=O. The minimum atomic E-state index is -4.87. The molecule has 0 aromatic heterocycles. The van der Waals surface area contributed by atoms with Crippen molar-refractivity contribution in [1.29, 1.82) is 0 Å². The normalized spacial score (nSPS) is 19.8. The van der Waals surface area contributed by atoms with Gasteiger partial charge >= 0.3 is 16.4 Å². The van der Waals surface area contributed by atoms with Crippen molar-refractivity contribution in [3.05, 3.63) is 34.2 Å². The molecule has 1 saturated heterocycles. The highest BCUT2D eigenvalue weighted by Gasteiger charge is 2.39. The lowest BCUT2D eigenvalue weighted by Crippen LogP contribution is -2.47. The summed E-state index contributed by atoms with van der Waals surface area (Å²) in [4.78, 5) is 46.1. The van der Waals surface area contributed by atoms with Crippen molar-refractivity contribution in [2.45, 2.75) is 49.7 Å². The summed E-state index contributed by atoms with van der Waals surface area (Å²) in [6, 6.07) is 0. The lowest BCUT2D eigenvalue weighted by molar-refractivity contribution is -0.420. The first-order valence-electron chi connectivity index (χ1n) is 8.52. The highest BCUT2D eigenvalue weighted by molar-refractivity contribution is 8.77. The van der Waals surface area contributed by atoms with Crippen molar-refractivity contribution >= 4 is 49.8 Å². The van der Waals surface area contributed by atoms with E-state index in [1.807, 2.05) is 0 Å². The van der Waals surface area contributed by atoms with Gasteiger partial charge in [0.05, 0.1) is 4.92 Å². The molecule has 1 atom stereocenters. The first-order chi connectivity index (χ1) is 13.8. The first kappa shape index (κ1) is 24.2. The molecule has 1 fully saturated rings. The number of carbonyl (C=O) groups excluding carboxylic acids is 3. The first-order valence-corrected chi connectivity index (χ1v) is 12.1. The number of hydrazine groups is 1. The van der Waals surface area contributed by atoms with Crippen LogP contribution in [0.5, 0.6) is 0 Å². The molecule has 0 bridgehead atoms. The lowest BCUT2D eigenvalue weighted by Gasteiger charge is -2.36. The van der Waals surface area contributed by atoms with Crippen molar-refractivity contribution in [2.24, 2.45) is 0 Å². The van der Waals surface area contributed by atoms with Crippen LogP contribution in [0.2, 0.25) is 0 Å². The maximum atomic E-state index is 12.1. The standard InChI is InChI=1S/C15H19N3O9S3/c1-15(2,8-7-14(21)27-30(24,25)26)29-28-13-6-3-10(18(22)23)9-16(13)17-11(19)4-5-12(17)20/h3,6,9,13H,4-5,7-8H2,1-2H3,(H,24,25,26). The van der Waals surface area contributed by atoms with Crippen LogP contribution < -0.4 is 0 Å². The largest absolute Gasteiger partial charge is 0.448 e. The van der Waals surface area contributed by atoms with E-state index in [9.17, 15) is 32.9 Å². The van der Waals surface area contributed by atoms with Gasteiger partial charge in [-0.1, -0.05) is 21.6 Å². The Balaban J connectivity index is 2.05. The minimum absolute atomic E-state index is 0.0204. The summed E-state index contributed by atoms with van der Waals surface area (Å²) in [5.41, 5.74) is -0.281. The molecule has 1 N–H and O–H groups in total. The summed E-state index contributed by atoms with van der Waals surface area (Å²) >= 11 is 0. The zero-order chi connectivity index (χ0) is 22.7. The molecule has 2 aliphatic rings. The highest BCUT2D eigenvalue weighted by atomic mass is 33.1. The molecule has 0 radical (unpaired) electrons. The minimum Gasteiger partial charge on any atom is -0.325 e. The third-order valence-electron chi connectivity index (χ3n) is 3.93. The molecule has 15 heteroatoms. The van der Waals surface area contributed by atoms with Crippen LogP contribution in [0.3, 0.4) is 0 Å². The van der Waals surface area contributed by atoms with Gasteiger partial charge in [-0.15, -0.1) is 0 Å². The highest BCUT2D eigenvalue weighted by Crippen LogP contribution is 2.44. The third-order valence-corrected chi connectivity index (χ3v) is 7.88. The Kier molecular flexibility index (Phi) is 7.54. The Morgan fingerprint density at radius 2 is 1.97 bits per heavy atom. The van der Waals surface area contributed by atoms with E-state index < -0.39 is 43.2 Å². The number of carbonyl (C=O) groups is 3. The van der Waals surface area contributed by atoms with Crippen molar-refractivity contribution in [3.63, 3.8) is 0 Å². The number of rotatable bonds is 9. The van der Waals surface area contributed by atoms with E-state index in [0.29, 0.717) is 0 Å². The fraction of sp³-hybridized carbons (Fsp3) is 0.533. The molecule has 2 heterocycles. The van der Waals surface area contributed by atoms with Crippen LogP contribution in [-0.2, 0) is 29.0 Å². The number of allylic oxidation sites excluding steroid dienone is 1. The van der Waals surface area contributed by atoms with Crippen LogP contribution in [0.25, 0.3) is 0 Å². The molecule has 0 saturated carbocycles. The number of nitro groups is 1. The van der Waals surface area contributed by atoms with Crippen molar-refractivity contribution in [3.8, 4) is 0 Å². The van der Waals surface area contributed by atoms with Gasteiger partial charge in [0.1, 0.15) is 11.6 Å². The van der Waals surface area contributed by atoms with Gasteiger partial charge in [0.25, 0.3) is 5.70 Å². The Morgan fingerprint density at radius 3 is 2.50 bits per heavy atom. The van der Waals surface area contributed by atoms with Crippen LogP contribution in [0.1, 0.15) is 39.5 Å². The molecule has 2 amide bonds. The number of hydrogen-bond acceptors (Lipinski definition) is 11. The molecule has 12 nitrogen and oxygen atoms in total. The molecule has 0 aliphatic carbocycles. The fourth-order valence-electron chi connectivity index (χ4n) is 2.48. The fourth-order valence-corrected chi connectivity index (χ4v) is 5.52. The van der Waals surface area contributed by atoms with Gasteiger partial charge in [-0.05, 0) is 26.3 Å². The van der Waals surface area contributed by atoms with Gasteiger partial charge in [0, 0.05) is 30.1 Å². The van der Waals surface area contributed by atoms with E-state index in [1.165, 1.54) is 38.7 Å². The van der Waals surface area contributed by atoms with Crippen LogP contribution in [0.4, 0.5) is 0 Å². The molecule has 166 valence electrons. The van der Waals surface area contributed by atoms with Crippen molar-refractivity contribution in [2.75, 3.05) is 0 Å². The average Bonchev–Trinajstić information content (AvgIpc) is 2.95. The summed E-state index contributed by atoms with van der Waals surface area (Å²) in [5, 5.41) is 12.6. The average molecular weight is 482 g/mol. The zero-order valence-corrected chi connectivity index (χ0v) is 18.4. The topological polar surface area (TPSA) is 164 Å². The van der Waals surface area contributed by atoms with E-state index >= 15 is 0 Å². The molecule has 0 spiro atoms. The molecule has 2 rings (SSSR count). The quantitative estimate of drug-likeness (QED) is 0.167. The van der Waals surface area contributed by atoms with Crippen molar-refractivity contribution < 1.29 is 36.5 Å². The molecule has 0 aromatic carbocycles. The molecule has 2 aliphatic heterocycles. The second-order valence-corrected chi connectivity index (χ2v) is 10.9. The van der Waals surface area contributed by atoms with E-state index in [4.69, 9.17) is 4.55 Å². The Morgan fingerprint density at radius 1 is 1.37 bits per heavy atom. The second kappa shape index (κ2) is 9.36. The number of amides is 2. The Labute approximate surface area is 180 Å². The number of nitrogens with zero attached hydrogens (tertiary/aromatic N) is 3. The van der Waals surface area contributed by atoms with Crippen LogP contribution in [0.15, 0.2) is 24.0 Å². The Hall–Kier alpha value is -2.10. The zero-order valence-electron chi connectivity index (χ0n) is 15.9. The predicted molar refractivity (Wildman–Crippen MR) is 107 cm³/mol. The van der Waals surface area contributed by atoms with E-state index in [2.05, 4.69) is 4.18 Å². The summed E-state index contributed by atoms with van der Waals surface area (Å²) in [5.74, 6) is -2.03. The maximum Gasteiger partial charge on any atom is 0.448 e. The third kappa shape index (κ3) is 6.72. The van der Waals surface area contributed by atoms with Gasteiger partial charge in [-0.25, -0.2) is 0 Å². The molecular weight excluding hydrogens is 462 g/mol. The summed E-state index contributed by atoms with van der Waals surface area (Å²) < 4.78 is 32.9. The van der Waals surface area contributed by atoms with Gasteiger partial charge in [-0.2, -0.15) is 13.4 Å². The van der Waals surface area contributed by atoms with Crippen LogP contribution in [-0.4, -0.2) is 55.8 Å². The Bertz CT molecular complexity index is 898. The molecule has 0 aromatic rings. The number of hydrogen-bond donors (Lipinski definition) is 1. The van der Waals surface area contributed by atoms with Crippen LogP contribution in [0, 0.1) is 10.1 Å². The summed E-state index contributed by atoms with van der Waals surface area (Å²) in [6.07, 6.45) is 3.83. The summed E-state index contributed by atoms with van der Waals surface area (Å²) in [6.45, 7) is 3.54. The van der Waals surface area contributed by atoms with Gasteiger partial charge in [0.15, 0.2) is 0 Å². The van der Waals surface area contributed by atoms with E-state index in [-0.39, 0.29) is 31.4 Å². The van der Waals surface area contributed by atoms with Crippen LogP contribution >= 0.6 is 21.6 Å². The monoisotopic (exact) mass is 481 g/mol. The smallest absolute Gasteiger partial charge is 0.325 e. The second-order valence-electron chi connectivity index (χ2n) is 6.86. The lowest BCUT2D eigenvalue weighted by atomic mass is 10.1.